The predicted octanol–water partition coefficient (Wildman–Crippen LogP) is 2.32. The lowest BCUT2D eigenvalue weighted by atomic mass is 10.2. The molecule has 0 amide bonds. The van der Waals surface area contributed by atoms with Gasteiger partial charge in [-0.2, -0.15) is 0 Å². The molecule has 0 unspecified atom stereocenters. The van der Waals surface area contributed by atoms with Crippen molar-refractivity contribution >= 4 is 9.84 Å². The lowest BCUT2D eigenvalue weighted by Crippen LogP contribution is -2.05. The molecular weight excluding hydrogens is 224 g/mol. The van der Waals surface area contributed by atoms with Gasteiger partial charge in [-0.3, -0.25) is 0 Å². The standard InChI is InChI=1S/C12H16O3S/c1-10-4-6-12(7-5-10)16(13,14)9-8-11(2)15-3/h4-8H,9H2,1-3H3/b11-8+. The van der Waals surface area contributed by atoms with Gasteiger partial charge in [0.2, 0.25) is 0 Å². The topological polar surface area (TPSA) is 43.4 Å². The fourth-order valence-corrected chi connectivity index (χ4v) is 2.35. The molecule has 0 aliphatic heterocycles. The van der Waals surface area contributed by atoms with E-state index in [0.29, 0.717) is 10.7 Å². The number of ether oxygens (including phenoxy) is 1. The molecule has 0 atom stereocenters. The summed E-state index contributed by atoms with van der Waals surface area (Å²) in [5.74, 6) is 0.575. The largest absolute Gasteiger partial charge is 0.502 e. The maximum atomic E-state index is 11.9. The molecule has 0 aliphatic rings. The van der Waals surface area contributed by atoms with Crippen LogP contribution in [0.3, 0.4) is 0 Å². The number of rotatable bonds is 4. The molecule has 1 aromatic rings. The van der Waals surface area contributed by atoms with Crippen LogP contribution < -0.4 is 0 Å². The summed E-state index contributed by atoms with van der Waals surface area (Å²) in [7, 11) is -1.72. The Kier molecular flexibility index (Phi) is 4.12. The number of hydrogen-bond donors (Lipinski definition) is 0. The first kappa shape index (κ1) is 12.8. The van der Waals surface area contributed by atoms with E-state index in [2.05, 4.69) is 0 Å². The summed E-state index contributed by atoms with van der Waals surface area (Å²) >= 11 is 0. The highest BCUT2D eigenvalue weighted by atomic mass is 32.2. The number of hydrogen-bond acceptors (Lipinski definition) is 3. The molecule has 0 fully saturated rings. The van der Waals surface area contributed by atoms with Crippen molar-refractivity contribution in [2.45, 2.75) is 18.7 Å². The van der Waals surface area contributed by atoms with E-state index in [4.69, 9.17) is 4.74 Å². The molecule has 1 aromatic carbocycles. The summed E-state index contributed by atoms with van der Waals surface area (Å²) in [5.41, 5.74) is 1.04. The van der Waals surface area contributed by atoms with Crippen LogP contribution in [0.2, 0.25) is 0 Å². The molecule has 0 bridgehead atoms. The molecule has 0 N–H and O–H groups in total. The van der Waals surface area contributed by atoms with Crippen LogP contribution in [0.15, 0.2) is 41.0 Å². The van der Waals surface area contributed by atoms with E-state index in [1.165, 1.54) is 7.11 Å². The van der Waals surface area contributed by atoms with Gasteiger partial charge in [-0.1, -0.05) is 17.7 Å². The molecule has 0 saturated carbocycles. The Balaban J connectivity index is 2.91. The van der Waals surface area contributed by atoms with Crippen LogP contribution in [0.25, 0.3) is 0 Å². The molecule has 0 radical (unpaired) electrons. The Morgan fingerprint density at radius 1 is 1.31 bits per heavy atom. The average molecular weight is 240 g/mol. The number of sulfone groups is 1. The molecule has 0 spiro atoms. The van der Waals surface area contributed by atoms with Gasteiger partial charge < -0.3 is 4.74 Å². The average Bonchev–Trinajstić information content (AvgIpc) is 2.26. The Labute approximate surface area is 96.7 Å². The normalized spacial score (nSPS) is 12.6. The highest BCUT2D eigenvalue weighted by molar-refractivity contribution is 7.91. The number of allylic oxidation sites excluding steroid dienone is 1. The molecule has 3 nitrogen and oxygen atoms in total. The molecule has 0 aromatic heterocycles. The minimum atomic E-state index is -3.24. The van der Waals surface area contributed by atoms with E-state index in [9.17, 15) is 8.42 Å². The summed E-state index contributed by atoms with van der Waals surface area (Å²) in [6, 6.07) is 6.83. The third-order valence-corrected chi connectivity index (χ3v) is 3.89. The maximum absolute atomic E-state index is 11.9. The van der Waals surface area contributed by atoms with Crippen LogP contribution in [0.1, 0.15) is 12.5 Å². The van der Waals surface area contributed by atoms with E-state index in [1.807, 2.05) is 6.92 Å². The van der Waals surface area contributed by atoms with Crippen LogP contribution in [0, 0.1) is 6.92 Å². The second-order valence-electron chi connectivity index (χ2n) is 3.61. The Bertz CT molecular complexity index is 469. The van der Waals surface area contributed by atoms with Crippen molar-refractivity contribution in [1.29, 1.82) is 0 Å². The summed E-state index contributed by atoms with van der Waals surface area (Å²) < 4.78 is 28.6. The molecule has 1 rings (SSSR count). The van der Waals surface area contributed by atoms with Gasteiger partial charge in [-0.25, -0.2) is 8.42 Å². The molecule has 16 heavy (non-hydrogen) atoms. The SMILES string of the molecule is CO/C(C)=C/CS(=O)(=O)c1ccc(C)cc1. The minimum absolute atomic E-state index is 0.0320. The van der Waals surface area contributed by atoms with E-state index in [-0.39, 0.29) is 5.75 Å². The lowest BCUT2D eigenvalue weighted by molar-refractivity contribution is 0.293. The van der Waals surface area contributed by atoms with E-state index in [0.717, 1.165) is 5.56 Å². The zero-order chi connectivity index (χ0) is 12.2. The van der Waals surface area contributed by atoms with Crippen molar-refractivity contribution in [3.8, 4) is 0 Å². The highest BCUT2D eigenvalue weighted by Crippen LogP contribution is 2.12. The molecule has 4 heteroatoms. The zero-order valence-corrected chi connectivity index (χ0v) is 10.5. The first-order valence-electron chi connectivity index (χ1n) is 4.96. The van der Waals surface area contributed by atoms with Crippen molar-refractivity contribution in [3.05, 3.63) is 41.7 Å². The van der Waals surface area contributed by atoms with Crippen molar-refractivity contribution in [1.82, 2.24) is 0 Å². The third kappa shape index (κ3) is 3.38. The van der Waals surface area contributed by atoms with Gasteiger partial charge in [0.25, 0.3) is 0 Å². The molecule has 88 valence electrons. The van der Waals surface area contributed by atoms with E-state index >= 15 is 0 Å². The molecule has 0 saturated heterocycles. The van der Waals surface area contributed by atoms with Gasteiger partial charge in [0.05, 0.1) is 23.5 Å². The fourth-order valence-electron chi connectivity index (χ4n) is 1.15. The number of aryl methyl sites for hydroxylation is 1. The molecule has 0 aliphatic carbocycles. The van der Waals surface area contributed by atoms with Crippen LogP contribution in [0.5, 0.6) is 0 Å². The maximum Gasteiger partial charge on any atom is 0.182 e. The van der Waals surface area contributed by atoms with Gasteiger partial charge in [-0.15, -0.1) is 0 Å². The van der Waals surface area contributed by atoms with Gasteiger partial charge in [-0.05, 0) is 32.1 Å². The monoisotopic (exact) mass is 240 g/mol. The molecule has 0 heterocycles. The fraction of sp³-hybridized carbons (Fsp3) is 0.333. The van der Waals surface area contributed by atoms with E-state index < -0.39 is 9.84 Å². The van der Waals surface area contributed by atoms with Crippen molar-refractivity contribution in [2.24, 2.45) is 0 Å². The summed E-state index contributed by atoms with van der Waals surface area (Å²) in [5, 5.41) is 0. The molecular formula is C12H16O3S. The second kappa shape index (κ2) is 5.16. The summed E-state index contributed by atoms with van der Waals surface area (Å²) in [4.78, 5) is 0.346. The number of methoxy groups -OCH3 is 1. The van der Waals surface area contributed by atoms with Crippen LogP contribution >= 0.6 is 0 Å². The summed E-state index contributed by atoms with van der Waals surface area (Å²) in [6.07, 6.45) is 1.56. The smallest absolute Gasteiger partial charge is 0.182 e. The van der Waals surface area contributed by atoms with Crippen LogP contribution in [-0.2, 0) is 14.6 Å². The lowest BCUT2D eigenvalue weighted by Gasteiger charge is -2.03. The van der Waals surface area contributed by atoms with Gasteiger partial charge >= 0.3 is 0 Å². The van der Waals surface area contributed by atoms with Crippen molar-refractivity contribution in [3.63, 3.8) is 0 Å². The number of benzene rings is 1. The predicted molar refractivity (Wildman–Crippen MR) is 64.0 cm³/mol. The van der Waals surface area contributed by atoms with Gasteiger partial charge in [0.1, 0.15) is 0 Å². The van der Waals surface area contributed by atoms with Crippen molar-refractivity contribution in [2.75, 3.05) is 12.9 Å². The minimum Gasteiger partial charge on any atom is -0.502 e. The Morgan fingerprint density at radius 2 is 1.88 bits per heavy atom. The Morgan fingerprint density at radius 3 is 2.38 bits per heavy atom. The van der Waals surface area contributed by atoms with E-state index in [1.54, 1.807) is 37.3 Å². The highest BCUT2D eigenvalue weighted by Gasteiger charge is 2.12. The first-order valence-corrected chi connectivity index (χ1v) is 6.61. The van der Waals surface area contributed by atoms with Gasteiger partial charge in [0.15, 0.2) is 9.84 Å². The summed E-state index contributed by atoms with van der Waals surface area (Å²) in [6.45, 7) is 3.65. The van der Waals surface area contributed by atoms with Crippen LogP contribution in [-0.4, -0.2) is 21.3 Å². The van der Waals surface area contributed by atoms with Crippen molar-refractivity contribution < 1.29 is 13.2 Å². The van der Waals surface area contributed by atoms with Crippen LogP contribution in [0.4, 0.5) is 0 Å². The van der Waals surface area contributed by atoms with Gasteiger partial charge in [0, 0.05) is 0 Å². The first-order chi connectivity index (χ1) is 7.45. The second-order valence-corrected chi connectivity index (χ2v) is 5.65. The quantitative estimate of drug-likeness (QED) is 0.759. The zero-order valence-electron chi connectivity index (χ0n) is 9.73. The Hall–Kier alpha value is -1.29. The third-order valence-electron chi connectivity index (χ3n) is 2.29.